The molecule has 0 unspecified atom stereocenters. The average molecular weight is 452 g/mol. The fourth-order valence-electron chi connectivity index (χ4n) is 4.11. The summed E-state index contributed by atoms with van der Waals surface area (Å²) in [4.78, 5) is 10.8. The molecule has 0 spiro atoms. The molecule has 10 heteroatoms. The highest BCUT2D eigenvalue weighted by Gasteiger charge is 2.46. The molecule has 4 rings (SSSR count). The Morgan fingerprint density at radius 1 is 1.19 bits per heavy atom. The van der Waals surface area contributed by atoms with E-state index in [1.807, 2.05) is 0 Å². The molecule has 0 radical (unpaired) electrons. The topological polar surface area (TPSA) is 79.6 Å². The highest BCUT2D eigenvalue weighted by atomic mass is 32.2. The minimum absolute atomic E-state index is 0.109. The number of carboxylic acid groups (broad SMARTS) is 1. The van der Waals surface area contributed by atoms with Crippen LogP contribution in [-0.2, 0) is 33.7 Å². The number of fused-ring (bicyclic) bond motifs is 2. The highest BCUT2D eigenvalue weighted by Crippen LogP contribution is 2.40. The van der Waals surface area contributed by atoms with Crippen molar-refractivity contribution in [1.29, 1.82) is 0 Å². The molecule has 0 atom stereocenters. The number of alkyl halides is 2. The van der Waals surface area contributed by atoms with E-state index in [-0.39, 0.29) is 13.0 Å². The predicted molar refractivity (Wildman–Crippen MR) is 107 cm³/mol. The third-order valence-corrected chi connectivity index (χ3v) is 7.50. The second kappa shape index (κ2) is 7.10. The molecule has 0 aliphatic carbocycles. The molecule has 3 aromatic rings. The predicted octanol–water partition coefficient (Wildman–Crippen LogP) is 3.49. The van der Waals surface area contributed by atoms with Crippen LogP contribution in [0.1, 0.15) is 22.4 Å². The number of aliphatic carboxylic acids is 1. The maximum Gasteiger partial charge on any atom is 0.323 e. The molecule has 0 saturated carbocycles. The third kappa shape index (κ3) is 3.49. The first kappa shape index (κ1) is 21.4. The lowest BCUT2D eigenvalue weighted by Crippen LogP contribution is -2.42. The number of benzene rings is 2. The molecule has 6 nitrogen and oxygen atoms in total. The van der Waals surface area contributed by atoms with E-state index in [4.69, 9.17) is 0 Å². The third-order valence-electron chi connectivity index (χ3n) is 5.64. The number of sulfonamides is 1. The zero-order valence-electron chi connectivity index (χ0n) is 16.7. The Morgan fingerprint density at radius 3 is 2.58 bits per heavy atom. The maximum atomic E-state index is 14.6. The van der Waals surface area contributed by atoms with Crippen LogP contribution in [0.3, 0.4) is 0 Å². The summed E-state index contributed by atoms with van der Waals surface area (Å²) in [6.45, 7) is 0.400. The number of rotatable bonds is 4. The molecule has 2 heterocycles. The standard InChI is InChI=1S/C21H19F3N2O4S/c1-12-15(16-9-14(22)4-5-18(16)26(12)10-20(27)28)7-13-3-6-19-17(8-13)21(23,24)11-25(2)31(19,29)30/h3-6,8-9H,7,10-11H2,1-2H3,(H,27,28). The van der Waals surface area contributed by atoms with E-state index in [0.717, 1.165) is 13.1 Å². The molecule has 2 aromatic carbocycles. The van der Waals surface area contributed by atoms with E-state index in [2.05, 4.69) is 0 Å². The van der Waals surface area contributed by atoms with Crippen molar-refractivity contribution >= 4 is 26.9 Å². The van der Waals surface area contributed by atoms with Crippen LogP contribution in [-0.4, -0.2) is 42.0 Å². The Hall–Kier alpha value is -2.85. The fourth-order valence-corrected chi connectivity index (χ4v) is 5.50. The first-order chi connectivity index (χ1) is 14.4. The van der Waals surface area contributed by atoms with E-state index in [1.165, 1.54) is 34.9 Å². The van der Waals surface area contributed by atoms with Crippen molar-refractivity contribution in [2.75, 3.05) is 13.6 Å². The van der Waals surface area contributed by atoms with Gasteiger partial charge < -0.3 is 9.67 Å². The number of nitrogens with zero attached hydrogens (tertiary/aromatic N) is 2. The normalized spacial score (nSPS) is 17.6. The number of carboxylic acids is 1. The summed E-state index contributed by atoms with van der Waals surface area (Å²) in [6, 6.07) is 7.76. The minimum atomic E-state index is -4.00. The zero-order valence-corrected chi connectivity index (χ0v) is 17.5. The number of aromatic nitrogens is 1. The second-order valence-electron chi connectivity index (χ2n) is 7.68. The molecule has 1 aliphatic rings. The van der Waals surface area contributed by atoms with Gasteiger partial charge >= 0.3 is 5.97 Å². The van der Waals surface area contributed by atoms with Crippen molar-refractivity contribution < 1.29 is 31.5 Å². The summed E-state index contributed by atoms with van der Waals surface area (Å²) >= 11 is 0. The van der Waals surface area contributed by atoms with Crippen molar-refractivity contribution in [3.63, 3.8) is 0 Å². The summed E-state index contributed by atoms with van der Waals surface area (Å²) in [5.41, 5.74) is 1.53. The van der Waals surface area contributed by atoms with Crippen LogP contribution in [0.15, 0.2) is 41.3 Å². The van der Waals surface area contributed by atoms with E-state index in [0.29, 0.717) is 32.0 Å². The second-order valence-corrected chi connectivity index (χ2v) is 9.69. The highest BCUT2D eigenvalue weighted by molar-refractivity contribution is 7.89. The Balaban J connectivity index is 1.85. The van der Waals surface area contributed by atoms with Gasteiger partial charge in [0, 0.05) is 29.2 Å². The number of hydrogen-bond acceptors (Lipinski definition) is 3. The van der Waals surface area contributed by atoms with Gasteiger partial charge in [0.05, 0.1) is 11.4 Å². The molecule has 1 aliphatic heterocycles. The van der Waals surface area contributed by atoms with Gasteiger partial charge in [-0.3, -0.25) is 4.79 Å². The van der Waals surface area contributed by atoms with Gasteiger partial charge in [-0.05, 0) is 54.8 Å². The van der Waals surface area contributed by atoms with Gasteiger partial charge in [-0.2, -0.15) is 13.1 Å². The quantitative estimate of drug-likeness (QED) is 0.657. The summed E-state index contributed by atoms with van der Waals surface area (Å²) in [7, 11) is -2.90. The summed E-state index contributed by atoms with van der Waals surface area (Å²) in [5.74, 6) is -4.94. The van der Waals surface area contributed by atoms with E-state index >= 15 is 0 Å². The smallest absolute Gasteiger partial charge is 0.323 e. The molecular weight excluding hydrogens is 433 g/mol. The van der Waals surface area contributed by atoms with Crippen LogP contribution in [0.4, 0.5) is 13.2 Å². The number of halogens is 3. The van der Waals surface area contributed by atoms with Gasteiger partial charge in [0.2, 0.25) is 10.0 Å². The van der Waals surface area contributed by atoms with Crippen LogP contribution in [0.5, 0.6) is 0 Å². The van der Waals surface area contributed by atoms with Crippen LogP contribution < -0.4 is 0 Å². The Kier molecular flexibility index (Phi) is 4.90. The van der Waals surface area contributed by atoms with E-state index < -0.39 is 44.7 Å². The molecule has 0 bridgehead atoms. The molecule has 0 saturated heterocycles. The van der Waals surface area contributed by atoms with Crippen molar-refractivity contribution in [3.05, 3.63) is 64.6 Å². The van der Waals surface area contributed by atoms with Crippen molar-refractivity contribution in [3.8, 4) is 0 Å². The Bertz CT molecular complexity index is 1330. The summed E-state index contributed by atoms with van der Waals surface area (Å²) < 4.78 is 70.2. The first-order valence-corrected chi connectivity index (χ1v) is 10.8. The maximum absolute atomic E-state index is 14.6. The molecule has 1 N–H and O–H groups in total. The van der Waals surface area contributed by atoms with Gasteiger partial charge in [-0.25, -0.2) is 12.8 Å². The molecular formula is C21H19F3N2O4S. The molecule has 164 valence electrons. The van der Waals surface area contributed by atoms with Crippen molar-refractivity contribution in [1.82, 2.24) is 8.87 Å². The largest absolute Gasteiger partial charge is 0.480 e. The minimum Gasteiger partial charge on any atom is -0.480 e. The van der Waals surface area contributed by atoms with Gasteiger partial charge in [0.15, 0.2) is 0 Å². The molecule has 1 aromatic heterocycles. The Labute approximate surface area is 176 Å². The SMILES string of the molecule is Cc1c(Cc2ccc3c(c2)C(F)(F)CN(C)S3(=O)=O)c2cc(F)ccc2n1CC(=O)O. The molecule has 0 amide bonds. The number of likely N-dealkylation sites (N-methyl/N-ethyl adjacent to an activating group) is 1. The molecule has 31 heavy (non-hydrogen) atoms. The summed E-state index contributed by atoms with van der Waals surface area (Å²) in [6.07, 6.45) is 0.109. The van der Waals surface area contributed by atoms with Gasteiger partial charge in [0.25, 0.3) is 5.92 Å². The van der Waals surface area contributed by atoms with E-state index in [1.54, 1.807) is 6.92 Å². The van der Waals surface area contributed by atoms with Crippen LogP contribution in [0.2, 0.25) is 0 Å². The number of carbonyl (C=O) groups is 1. The Morgan fingerprint density at radius 2 is 1.90 bits per heavy atom. The lowest BCUT2D eigenvalue weighted by molar-refractivity contribution is -0.137. The van der Waals surface area contributed by atoms with Gasteiger partial charge in [-0.1, -0.05) is 6.07 Å². The fraction of sp³-hybridized carbons (Fsp3) is 0.286. The zero-order chi connectivity index (χ0) is 22.7. The average Bonchev–Trinajstić information content (AvgIpc) is 2.91. The summed E-state index contributed by atoms with van der Waals surface area (Å²) in [5, 5.41) is 9.71. The monoisotopic (exact) mass is 452 g/mol. The van der Waals surface area contributed by atoms with E-state index in [9.17, 15) is 31.5 Å². The van der Waals surface area contributed by atoms with Gasteiger partial charge in [-0.15, -0.1) is 0 Å². The van der Waals surface area contributed by atoms with Gasteiger partial charge in [0.1, 0.15) is 12.4 Å². The van der Waals surface area contributed by atoms with Crippen molar-refractivity contribution in [2.45, 2.75) is 30.7 Å². The van der Waals surface area contributed by atoms with Crippen LogP contribution >= 0.6 is 0 Å². The first-order valence-electron chi connectivity index (χ1n) is 9.38. The number of hydrogen-bond donors (Lipinski definition) is 1. The lowest BCUT2D eigenvalue weighted by atomic mass is 9.98. The van der Waals surface area contributed by atoms with Crippen LogP contribution in [0, 0.1) is 12.7 Å². The lowest BCUT2D eigenvalue weighted by Gasteiger charge is -2.31. The van der Waals surface area contributed by atoms with Crippen molar-refractivity contribution in [2.24, 2.45) is 0 Å². The molecule has 0 fully saturated rings. The van der Waals surface area contributed by atoms with Crippen LogP contribution in [0.25, 0.3) is 10.9 Å².